The Morgan fingerprint density at radius 2 is 0.341 bits per heavy atom. The van der Waals surface area contributed by atoms with E-state index in [1.807, 2.05) is 0 Å². The molecule has 0 N–H and O–H groups in total. The molecule has 44 heavy (non-hydrogen) atoms. The average molecular weight is 1410 g/mol. The highest BCUT2D eigenvalue weighted by atomic mass is 33.6. The molecule has 0 rings (SSSR count). The normalized spacial score (nSPS) is 15.7. The summed E-state index contributed by atoms with van der Waals surface area (Å²) < 4.78 is 0. The summed E-state index contributed by atoms with van der Waals surface area (Å²) in [5.41, 5.74) is 0. The van der Waals surface area contributed by atoms with Gasteiger partial charge in [0.25, 0.3) is 0 Å². The second kappa shape index (κ2) is 34.2. The van der Waals surface area contributed by atoms with Gasteiger partial charge in [-0.25, -0.2) is 0 Å². The van der Waals surface area contributed by atoms with Crippen LogP contribution in [-0.2, 0) is 0 Å². The highest BCUT2D eigenvalue weighted by Gasteiger charge is 2.56. The zero-order valence-electron chi connectivity index (χ0n) is 22.5. The lowest BCUT2D eigenvalue weighted by Gasteiger charge is -2.57. The van der Waals surface area contributed by atoms with Crippen molar-refractivity contribution in [1.29, 1.82) is 0 Å². The van der Waals surface area contributed by atoms with E-state index >= 15 is 0 Å². The first-order chi connectivity index (χ1) is 19.9. The van der Waals surface area contributed by atoms with Crippen LogP contribution in [0.2, 0.25) is 0 Å². The fourth-order valence-corrected chi connectivity index (χ4v) is 603. The summed E-state index contributed by atoms with van der Waals surface area (Å²) in [6.07, 6.45) is 0. The van der Waals surface area contributed by atoms with Crippen molar-refractivity contribution in [2.24, 2.45) is 0 Å². The minimum atomic E-state index is -0.372. The molecule has 23 atom stereocenters. The second-order valence-corrected chi connectivity index (χ2v) is 185. The summed E-state index contributed by atoms with van der Waals surface area (Å²) in [5, 5.41) is 0. The highest BCUT2D eigenvalue weighted by Crippen LogP contribution is 3.44. The van der Waals surface area contributed by atoms with Crippen LogP contribution in [0.25, 0.3) is 0 Å². The fourth-order valence-electron chi connectivity index (χ4n) is 2.48. The van der Waals surface area contributed by atoms with Crippen molar-refractivity contribution in [3.63, 3.8) is 0 Å². The third-order valence-corrected chi connectivity index (χ3v) is 302. The third kappa shape index (κ3) is 22.4. The summed E-state index contributed by atoms with van der Waals surface area (Å²) >= 11 is 0. The Morgan fingerprint density at radius 3 is 0.477 bits per heavy atom. The van der Waals surface area contributed by atoms with Gasteiger partial charge in [-0.05, 0) is 147 Å². The smallest absolute Gasteiger partial charge is 0.0000562 e. The lowest BCUT2D eigenvalue weighted by atomic mass is 28.4. The molecule has 44 heteroatoms. The van der Waals surface area contributed by atoms with Crippen LogP contribution in [0, 0.1) is 0 Å². The van der Waals surface area contributed by atoms with Gasteiger partial charge in [0.05, 0.1) is 0 Å². The Labute approximate surface area is 347 Å². The quantitative estimate of drug-likeness (QED) is 0.107. The molecule has 0 bridgehead atoms. The third-order valence-electron chi connectivity index (χ3n) is 3.73. The van der Waals surface area contributed by atoms with E-state index in [4.69, 9.17) is 0 Å². The summed E-state index contributed by atoms with van der Waals surface area (Å²) in [6, 6.07) is 0. The van der Waals surface area contributed by atoms with E-state index in [2.05, 4.69) is 205 Å². The highest BCUT2D eigenvalue weighted by molar-refractivity contribution is 9.50. The van der Waals surface area contributed by atoms with Gasteiger partial charge in [0.2, 0.25) is 0 Å². The van der Waals surface area contributed by atoms with Crippen molar-refractivity contribution in [3.8, 4) is 0 Å². The molecule has 0 aromatic heterocycles. The van der Waals surface area contributed by atoms with Crippen LogP contribution in [0.15, 0.2) is 0 Å². The van der Waals surface area contributed by atoms with Crippen LogP contribution in [0.1, 0.15) is 0 Å². The molecule has 0 nitrogen and oxygen atoms in total. The molecule has 0 aliphatic carbocycles. The van der Waals surface area contributed by atoms with Crippen LogP contribution in [0.5, 0.6) is 0 Å². The average Bonchev–Trinajstić information content (AvgIpc) is 2.80. The monoisotopic (exact) mass is 1410 g/mol. The molecule has 0 saturated carbocycles. The van der Waals surface area contributed by atoms with Gasteiger partial charge in [-0.15, -0.1) is 187 Å². The molecule has 0 aromatic carbocycles. The maximum absolute atomic E-state index is 4.33. The Bertz CT molecular complexity index is 607. The van der Waals surface area contributed by atoms with Crippen molar-refractivity contribution in [3.05, 3.63) is 0 Å². The Hall–Kier alpha value is 18.9. The maximum atomic E-state index is 4.33. The van der Waals surface area contributed by atoms with Crippen molar-refractivity contribution in [2.75, 3.05) is 0 Å². The Morgan fingerprint density at radius 1 is 0.205 bits per heavy atom. The molecule has 23 unspecified atom stereocenters. The molecule has 0 aromatic rings. The van der Waals surface area contributed by atoms with Gasteiger partial charge in [-0.2, -0.15) is 0 Å². The van der Waals surface area contributed by atoms with E-state index in [0.29, 0.717) is 0 Å². The van der Waals surface area contributed by atoms with Gasteiger partial charge >= 0.3 is 0 Å². The van der Waals surface area contributed by atoms with Crippen LogP contribution < -0.4 is 0 Å². The summed E-state index contributed by atoms with van der Waals surface area (Å²) in [5.74, 6) is 0. The lowest BCUT2D eigenvalue weighted by Crippen LogP contribution is -1.69. The molecule has 0 saturated heterocycles. The van der Waals surface area contributed by atoms with Crippen molar-refractivity contribution in [2.45, 2.75) is 0 Å². The fraction of sp³-hybridized carbons (Fsp3) is 0. The first-order valence-corrected chi connectivity index (χ1v) is 88.8. The van der Waals surface area contributed by atoms with Crippen LogP contribution in [-0.4, -0.2) is 0 Å². The predicted molar refractivity (Wildman–Crippen MR) is 366 cm³/mol. The minimum Gasteiger partial charge on any atom is -0.102 e. The molecule has 264 valence electrons. The Kier molecular flexibility index (Phi) is 49.0. The first kappa shape index (κ1) is 62.9. The largest absolute Gasteiger partial charge is 0.102 e. The standard InChI is InChI=1S/H44P44/c1-24(2)35(23)41(36(25(3)4)26(5)6)44(42(37(27(7)8)28(9)10)38(29(11)12)30(13)14)43(39(31(15)16)32(17)18)40(33(19)20)34(21)22/h1-2H,3-23H2. The molecule has 0 aliphatic rings. The number of hydrogen-bond acceptors (Lipinski definition) is 0. The van der Waals surface area contributed by atoms with Crippen LogP contribution >= 0.6 is 352 Å². The van der Waals surface area contributed by atoms with E-state index in [1.165, 1.54) is 0 Å². The second-order valence-electron chi connectivity index (χ2n) is 6.85. The zero-order valence-corrected chi connectivity index (χ0v) is 67.5. The predicted octanol–water partition coefficient (Wildman–Crippen LogP) is 26.1. The molecule has 0 heterocycles. The lowest BCUT2D eigenvalue weighted by molar-refractivity contribution is 4.37. The first-order valence-electron chi connectivity index (χ1n) is 9.87. The SMILES string of the molecule is [PH]P([PH])P(P)P(P(P(P)P)P(P)P)P(P(P(P(P)P)P(P)P)P(P(P)P)P(P)P)P(P(P(P)P)P(P)P)P(P(P)P)P(P)P. The molecule has 0 amide bonds. The maximum Gasteiger partial charge on any atom is -0.0000562 e. The van der Waals surface area contributed by atoms with Gasteiger partial charge in [-0.1, -0.05) is 17.9 Å². The molecule has 0 spiro atoms. The molecular formula is H44P44. The van der Waals surface area contributed by atoms with Crippen molar-refractivity contribution >= 4 is 352 Å². The summed E-state index contributed by atoms with van der Waals surface area (Å²) in [6.45, 7) is -3.35. The zero-order chi connectivity index (χ0) is 35.1. The number of rotatable bonds is 20. The van der Waals surface area contributed by atoms with Crippen LogP contribution in [0.3, 0.4) is 0 Å². The number of hydrogen-bond donors (Lipinski definition) is 0. The van der Waals surface area contributed by atoms with E-state index in [-0.39, 0.29) is 147 Å². The molecular weight excluding hydrogens is 1360 g/mol. The molecule has 0 fully saturated rings. The van der Waals surface area contributed by atoms with E-state index in [0.717, 1.165) is 0 Å². The van der Waals surface area contributed by atoms with Crippen LogP contribution in [0.4, 0.5) is 0 Å². The van der Waals surface area contributed by atoms with Crippen molar-refractivity contribution < 1.29 is 0 Å². The van der Waals surface area contributed by atoms with E-state index < -0.39 is 0 Å². The van der Waals surface area contributed by atoms with Gasteiger partial charge < -0.3 is 0 Å². The van der Waals surface area contributed by atoms with Gasteiger partial charge in [0, 0.05) is 0 Å². The Balaban J connectivity index is 8.85. The van der Waals surface area contributed by atoms with Gasteiger partial charge in [0.1, 0.15) is 0 Å². The van der Waals surface area contributed by atoms with E-state index in [1.54, 1.807) is 0 Å². The topological polar surface area (TPSA) is 0 Å². The van der Waals surface area contributed by atoms with Crippen molar-refractivity contribution in [1.82, 2.24) is 0 Å². The summed E-state index contributed by atoms with van der Waals surface area (Å²) in [7, 11) is 80.5. The summed E-state index contributed by atoms with van der Waals surface area (Å²) in [4.78, 5) is 0. The molecule has 0 aliphatic heterocycles. The molecule has 2 radical (unpaired) electrons. The van der Waals surface area contributed by atoms with Gasteiger partial charge in [0.15, 0.2) is 0 Å². The van der Waals surface area contributed by atoms with Gasteiger partial charge in [-0.3, -0.25) is 0 Å². The minimum absolute atomic E-state index is 0.1000. The van der Waals surface area contributed by atoms with E-state index in [9.17, 15) is 0 Å².